The van der Waals surface area contributed by atoms with Crippen LogP contribution >= 0.6 is 12.2 Å². The van der Waals surface area contributed by atoms with Crippen LogP contribution in [-0.2, 0) is 0 Å². The minimum Gasteiger partial charge on any atom is -0.495 e. The average Bonchev–Trinajstić information content (AvgIpc) is 2.63. The molecule has 0 unspecified atom stereocenters. The topological polar surface area (TPSA) is 37.4 Å². The number of hydrogen-bond donors (Lipinski definition) is 1. The molecule has 4 nitrogen and oxygen atoms in total. The summed E-state index contributed by atoms with van der Waals surface area (Å²) < 4.78 is 5.39. The standard InChI is InChI=1S/C18H21N3OS/c1-22-17-10-3-2-8-15(17)20-18(23)21-12-5-4-9-16(21)14-7-6-11-19-13-14/h2-3,6-8,10-11,13,16H,4-5,9,12H2,1H3,(H,20,23)/t16-/m0/s1. The summed E-state index contributed by atoms with van der Waals surface area (Å²) in [6.07, 6.45) is 7.22. The van der Waals surface area contributed by atoms with E-state index < -0.39 is 0 Å². The Balaban J connectivity index is 1.79. The van der Waals surface area contributed by atoms with E-state index in [-0.39, 0.29) is 6.04 Å². The lowest BCUT2D eigenvalue weighted by atomic mass is 9.97. The van der Waals surface area contributed by atoms with E-state index in [1.165, 1.54) is 12.0 Å². The van der Waals surface area contributed by atoms with Gasteiger partial charge in [0.15, 0.2) is 5.11 Å². The van der Waals surface area contributed by atoms with E-state index in [0.29, 0.717) is 0 Å². The molecule has 1 saturated heterocycles. The van der Waals surface area contributed by atoms with Crippen LogP contribution < -0.4 is 10.1 Å². The summed E-state index contributed by atoms with van der Waals surface area (Å²) in [4.78, 5) is 6.52. The van der Waals surface area contributed by atoms with Crippen LogP contribution in [0.1, 0.15) is 30.9 Å². The molecule has 0 saturated carbocycles. The van der Waals surface area contributed by atoms with Crippen molar-refractivity contribution in [2.24, 2.45) is 0 Å². The Kier molecular flexibility index (Phi) is 5.08. The Hall–Kier alpha value is -2.14. The Bertz CT molecular complexity index is 662. The Morgan fingerprint density at radius 2 is 2.13 bits per heavy atom. The number of pyridine rings is 1. The fourth-order valence-corrected chi connectivity index (χ4v) is 3.36. The van der Waals surface area contributed by atoms with Crippen LogP contribution in [0, 0.1) is 0 Å². The lowest BCUT2D eigenvalue weighted by molar-refractivity contribution is 0.248. The molecule has 23 heavy (non-hydrogen) atoms. The highest BCUT2D eigenvalue weighted by molar-refractivity contribution is 7.80. The van der Waals surface area contributed by atoms with E-state index in [2.05, 4.69) is 21.3 Å². The number of para-hydroxylation sites is 2. The molecule has 5 heteroatoms. The van der Waals surface area contributed by atoms with Crippen LogP contribution in [0.5, 0.6) is 5.75 Å². The molecule has 0 radical (unpaired) electrons. The van der Waals surface area contributed by atoms with Gasteiger partial charge in [0, 0.05) is 18.9 Å². The van der Waals surface area contributed by atoms with Crippen molar-refractivity contribution in [3.63, 3.8) is 0 Å². The average molecular weight is 327 g/mol. The van der Waals surface area contributed by atoms with E-state index in [0.717, 1.165) is 35.9 Å². The first-order chi connectivity index (χ1) is 11.3. The van der Waals surface area contributed by atoms with Crippen molar-refractivity contribution >= 4 is 23.0 Å². The number of benzene rings is 1. The number of hydrogen-bond acceptors (Lipinski definition) is 3. The fraction of sp³-hybridized carbons (Fsp3) is 0.333. The second kappa shape index (κ2) is 7.42. The van der Waals surface area contributed by atoms with Gasteiger partial charge in [0.1, 0.15) is 5.75 Å². The first-order valence-electron chi connectivity index (χ1n) is 7.90. The van der Waals surface area contributed by atoms with E-state index in [4.69, 9.17) is 17.0 Å². The minimum atomic E-state index is 0.284. The zero-order chi connectivity index (χ0) is 16.1. The van der Waals surface area contributed by atoms with Gasteiger partial charge >= 0.3 is 0 Å². The molecule has 120 valence electrons. The number of nitrogens with one attached hydrogen (secondary N) is 1. The smallest absolute Gasteiger partial charge is 0.174 e. The molecule has 1 aromatic heterocycles. The van der Waals surface area contributed by atoms with Gasteiger partial charge < -0.3 is 15.0 Å². The van der Waals surface area contributed by atoms with Crippen LogP contribution in [0.3, 0.4) is 0 Å². The van der Waals surface area contributed by atoms with E-state index >= 15 is 0 Å². The molecule has 0 bridgehead atoms. The summed E-state index contributed by atoms with van der Waals surface area (Å²) in [5.41, 5.74) is 2.12. The predicted molar refractivity (Wildman–Crippen MR) is 96.7 cm³/mol. The largest absolute Gasteiger partial charge is 0.495 e. The van der Waals surface area contributed by atoms with E-state index in [1.54, 1.807) is 7.11 Å². The Labute approximate surface area is 142 Å². The number of methoxy groups -OCH3 is 1. The normalized spacial score (nSPS) is 17.6. The summed E-state index contributed by atoms with van der Waals surface area (Å²) in [6, 6.07) is 12.2. The fourth-order valence-electron chi connectivity index (χ4n) is 3.03. The van der Waals surface area contributed by atoms with Gasteiger partial charge in [-0.15, -0.1) is 0 Å². The molecule has 2 aromatic rings. The van der Waals surface area contributed by atoms with Gasteiger partial charge in [-0.25, -0.2) is 0 Å². The summed E-state index contributed by atoms with van der Waals surface area (Å²) in [5.74, 6) is 0.796. The number of ether oxygens (including phenoxy) is 1. The molecule has 0 amide bonds. The number of likely N-dealkylation sites (tertiary alicyclic amines) is 1. The van der Waals surface area contributed by atoms with Gasteiger partial charge in [-0.1, -0.05) is 18.2 Å². The quantitative estimate of drug-likeness (QED) is 0.862. The van der Waals surface area contributed by atoms with Crippen molar-refractivity contribution in [3.8, 4) is 5.75 Å². The second-order valence-electron chi connectivity index (χ2n) is 5.62. The molecule has 1 atom stereocenters. The van der Waals surface area contributed by atoms with Crippen LogP contribution in [0.2, 0.25) is 0 Å². The molecule has 2 heterocycles. The minimum absolute atomic E-state index is 0.284. The maximum atomic E-state index is 5.68. The third-order valence-electron chi connectivity index (χ3n) is 4.18. The zero-order valence-corrected chi connectivity index (χ0v) is 14.1. The van der Waals surface area contributed by atoms with E-state index in [1.807, 2.05) is 42.7 Å². The lowest BCUT2D eigenvalue weighted by Crippen LogP contribution is -2.41. The highest BCUT2D eigenvalue weighted by Gasteiger charge is 2.26. The number of nitrogens with zero attached hydrogens (tertiary/aromatic N) is 2. The van der Waals surface area contributed by atoms with Crippen LogP contribution in [0.4, 0.5) is 5.69 Å². The monoisotopic (exact) mass is 327 g/mol. The first-order valence-corrected chi connectivity index (χ1v) is 8.31. The molecular formula is C18H21N3OS. The second-order valence-corrected chi connectivity index (χ2v) is 6.01. The number of rotatable bonds is 3. The van der Waals surface area contributed by atoms with Gasteiger partial charge in [-0.2, -0.15) is 0 Å². The molecule has 1 N–H and O–H groups in total. The maximum Gasteiger partial charge on any atom is 0.174 e. The van der Waals surface area contributed by atoms with Gasteiger partial charge in [0.25, 0.3) is 0 Å². The van der Waals surface area contributed by atoms with Gasteiger partial charge in [-0.3, -0.25) is 4.98 Å². The third-order valence-corrected chi connectivity index (χ3v) is 4.52. The molecule has 1 fully saturated rings. The number of thiocarbonyl (C=S) groups is 1. The van der Waals surface area contributed by atoms with Gasteiger partial charge in [0.2, 0.25) is 0 Å². The summed E-state index contributed by atoms with van der Waals surface area (Å²) >= 11 is 5.68. The molecule has 1 aliphatic heterocycles. The SMILES string of the molecule is COc1ccccc1NC(=S)N1CCCC[C@H]1c1cccnc1. The highest BCUT2D eigenvalue weighted by Crippen LogP contribution is 2.32. The van der Waals surface area contributed by atoms with Crippen molar-refractivity contribution in [1.82, 2.24) is 9.88 Å². The molecular weight excluding hydrogens is 306 g/mol. The lowest BCUT2D eigenvalue weighted by Gasteiger charge is -2.38. The summed E-state index contributed by atoms with van der Waals surface area (Å²) in [6.45, 7) is 0.959. The summed E-state index contributed by atoms with van der Waals surface area (Å²) in [5, 5.41) is 4.08. The summed E-state index contributed by atoms with van der Waals surface area (Å²) in [7, 11) is 1.67. The molecule has 0 spiro atoms. The molecule has 1 aliphatic rings. The van der Waals surface area contributed by atoms with Crippen molar-refractivity contribution in [2.45, 2.75) is 25.3 Å². The molecule has 1 aromatic carbocycles. The zero-order valence-electron chi connectivity index (χ0n) is 13.2. The van der Waals surface area contributed by atoms with Crippen molar-refractivity contribution in [2.75, 3.05) is 19.0 Å². The van der Waals surface area contributed by atoms with Crippen molar-refractivity contribution < 1.29 is 4.74 Å². The van der Waals surface area contributed by atoms with Crippen molar-refractivity contribution in [1.29, 1.82) is 0 Å². The van der Waals surface area contributed by atoms with Crippen LogP contribution in [-0.4, -0.2) is 28.7 Å². The van der Waals surface area contributed by atoms with Crippen LogP contribution in [0.15, 0.2) is 48.8 Å². The van der Waals surface area contributed by atoms with Crippen molar-refractivity contribution in [3.05, 3.63) is 54.4 Å². The maximum absolute atomic E-state index is 5.68. The van der Waals surface area contributed by atoms with Crippen LogP contribution in [0.25, 0.3) is 0 Å². The first kappa shape index (κ1) is 15.7. The Morgan fingerprint density at radius 1 is 1.26 bits per heavy atom. The Morgan fingerprint density at radius 3 is 2.91 bits per heavy atom. The number of aromatic nitrogens is 1. The van der Waals surface area contributed by atoms with E-state index in [9.17, 15) is 0 Å². The predicted octanol–water partition coefficient (Wildman–Crippen LogP) is 4.01. The number of piperidine rings is 1. The number of anilines is 1. The third kappa shape index (κ3) is 3.62. The molecule has 0 aliphatic carbocycles. The van der Waals surface area contributed by atoms with Gasteiger partial charge in [0.05, 0.1) is 18.8 Å². The highest BCUT2D eigenvalue weighted by atomic mass is 32.1. The van der Waals surface area contributed by atoms with Gasteiger partial charge in [-0.05, 0) is 55.2 Å². The molecule has 3 rings (SSSR count).